The van der Waals surface area contributed by atoms with Crippen LogP contribution in [-0.2, 0) is 6.61 Å². The maximum atomic E-state index is 12.2. The number of nitrogens with one attached hydrogen (secondary N) is 1. The Kier molecular flexibility index (Phi) is 7.17. The van der Waals surface area contributed by atoms with Gasteiger partial charge in [-0.05, 0) is 61.0 Å². The van der Waals surface area contributed by atoms with Gasteiger partial charge in [0.15, 0.2) is 0 Å². The van der Waals surface area contributed by atoms with Crippen molar-refractivity contribution in [1.29, 1.82) is 5.26 Å². The molecule has 0 heterocycles. The Morgan fingerprint density at radius 3 is 2.47 bits per heavy atom. The molecule has 0 aliphatic carbocycles. The molecule has 0 aliphatic rings. The van der Waals surface area contributed by atoms with E-state index in [9.17, 15) is 4.79 Å². The van der Waals surface area contributed by atoms with E-state index in [1.165, 1.54) is 0 Å². The highest BCUT2D eigenvalue weighted by Gasteiger charge is 2.05. The van der Waals surface area contributed by atoms with Gasteiger partial charge >= 0.3 is 0 Å². The maximum Gasteiger partial charge on any atom is 0.271 e. The summed E-state index contributed by atoms with van der Waals surface area (Å²) in [5, 5.41) is 12.9. The van der Waals surface area contributed by atoms with Crippen LogP contribution in [0.3, 0.4) is 0 Å². The van der Waals surface area contributed by atoms with Crippen molar-refractivity contribution < 1.29 is 14.3 Å². The molecule has 3 aromatic rings. The summed E-state index contributed by atoms with van der Waals surface area (Å²) in [6, 6.07) is 23.6. The van der Waals surface area contributed by atoms with Crippen molar-refractivity contribution in [3.05, 3.63) is 95.1 Å². The quantitative estimate of drug-likeness (QED) is 0.452. The number of hydrogen-bond acceptors (Lipinski definition) is 5. The van der Waals surface area contributed by atoms with Gasteiger partial charge in [0.25, 0.3) is 5.91 Å². The first-order valence-electron chi connectivity index (χ1n) is 9.46. The highest BCUT2D eigenvalue weighted by atomic mass is 16.5. The Bertz CT molecular complexity index is 1050. The topological polar surface area (TPSA) is 83.7 Å². The number of nitriles is 1. The minimum atomic E-state index is -0.315. The van der Waals surface area contributed by atoms with E-state index >= 15 is 0 Å². The van der Waals surface area contributed by atoms with E-state index in [1.807, 2.05) is 43.3 Å². The smallest absolute Gasteiger partial charge is 0.271 e. The van der Waals surface area contributed by atoms with E-state index in [4.69, 9.17) is 14.7 Å². The number of ether oxygens (including phenoxy) is 2. The van der Waals surface area contributed by atoms with E-state index in [1.54, 1.807) is 42.6 Å². The van der Waals surface area contributed by atoms with Gasteiger partial charge in [-0.25, -0.2) is 5.43 Å². The number of amides is 1. The molecule has 0 saturated heterocycles. The molecule has 3 aromatic carbocycles. The Hall–Kier alpha value is -4.11. The lowest BCUT2D eigenvalue weighted by atomic mass is 10.1. The lowest BCUT2D eigenvalue weighted by Crippen LogP contribution is -2.17. The Labute approximate surface area is 175 Å². The largest absolute Gasteiger partial charge is 0.494 e. The second kappa shape index (κ2) is 10.4. The van der Waals surface area contributed by atoms with Gasteiger partial charge in [0.2, 0.25) is 0 Å². The average molecular weight is 399 g/mol. The molecule has 0 aliphatic heterocycles. The molecule has 0 unspecified atom stereocenters. The molecule has 150 valence electrons. The molecule has 1 N–H and O–H groups in total. The summed E-state index contributed by atoms with van der Waals surface area (Å²) < 4.78 is 11.2. The molecule has 0 atom stereocenters. The van der Waals surface area contributed by atoms with Gasteiger partial charge in [0, 0.05) is 11.1 Å². The van der Waals surface area contributed by atoms with Gasteiger partial charge < -0.3 is 9.47 Å². The predicted octanol–water partition coefficient (Wildman–Crippen LogP) is 4.30. The third-order valence-corrected chi connectivity index (χ3v) is 4.19. The molecular weight excluding hydrogens is 378 g/mol. The fourth-order valence-corrected chi connectivity index (χ4v) is 2.65. The van der Waals surface area contributed by atoms with Crippen LogP contribution < -0.4 is 14.9 Å². The molecule has 0 bridgehead atoms. The van der Waals surface area contributed by atoms with Crippen molar-refractivity contribution in [2.75, 3.05) is 6.61 Å². The first-order chi connectivity index (χ1) is 14.7. The minimum absolute atomic E-state index is 0.315. The van der Waals surface area contributed by atoms with Gasteiger partial charge in [0.1, 0.15) is 18.1 Å². The lowest BCUT2D eigenvalue weighted by Gasteiger charge is -2.09. The van der Waals surface area contributed by atoms with Crippen LogP contribution in [0.15, 0.2) is 77.9 Å². The van der Waals surface area contributed by atoms with Gasteiger partial charge in [0.05, 0.1) is 24.5 Å². The molecular formula is C24H21N3O3. The van der Waals surface area contributed by atoms with Gasteiger partial charge in [-0.15, -0.1) is 0 Å². The fourth-order valence-electron chi connectivity index (χ4n) is 2.65. The number of nitrogens with zero attached hydrogens (tertiary/aromatic N) is 2. The Morgan fingerprint density at radius 2 is 1.77 bits per heavy atom. The highest BCUT2D eigenvalue weighted by Crippen LogP contribution is 2.18. The summed E-state index contributed by atoms with van der Waals surface area (Å²) in [6.45, 7) is 2.83. The molecule has 0 radical (unpaired) electrons. The molecule has 0 fully saturated rings. The third-order valence-electron chi connectivity index (χ3n) is 4.19. The van der Waals surface area contributed by atoms with Crippen LogP contribution in [-0.4, -0.2) is 18.7 Å². The van der Waals surface area contributed by atoms with E-state index in [0.29, 0.717) is 35.8 Å². The van der Waals surface area contributed by atoms with Gasteiger partial charge in [-0.1, -0.05) is 24.3 Å². The third kappa shape index (κ3) is 5.69. The molecule has 0 aromatic heterocycles. The summed E-state index contributed by atoms with van der Waals surface area (Å²) in [5.74, 6) is 1.04. The van der Waals surface area contributed by atoms with Crippen LogP contribution in [0, 0.1) is 11.3 Å². The van der Waals surface area contributed by atoms with Crippen LogP contribution in [0.5, 0.6) is 11.5 Å². The van der Waals surface area contributed by atoms with Crippen molar-refractivity contribution in [3.63, 3.8) is 0 Å². The van der Waals surface area contributed by atoms with E-state index < -0.39 is 0 Å². The number of carbonyl (C=O) groups is 1. The average Bonchev–Trinajstić information content (AvgIpc) is 2.79. The first kappa shape index (κ1) is 20.6. The first-order valence-corrected chi connectivity index (χ1v) is 9.46. The molecule has 1 amide bonds. The summed E-state index contributed by atoms with van der Waals surface area (Å²) >= 11 is 0. The monoisotopic (exact) mass is 399 g/mol. The highest BCUT2D eigenvalue weighted by molar-refractivity contribution is 5.95. The van der Waals surface area contributed by atoms with Gasteiger partial charge in [-0.3, -0.25) is 4.79 Å². The zero-order valence-corrected chi connectivity index (χ0v) is 16.5. The normalized spacial score (nSPS) is 10.4. The van der Waals surface area contributed by atoms with Crippen LogP contribution in [0.4, 0.5) is 0 Å². The second-order valence-corrected chi connectivity index (χ2v) is 6.29. The summed E-state index contributed by atoms with van der Waals surface area (Å²) in [6.07, 6.45) is 1.54. The zero-order chi connectivity index (χ0) is 21.2. The van der Waals surface area contributed by atoms with Crippen molar-refractivity contribution in [3.8, 4) is 17.6 Å². The van der Waals surface area contributed by atoms with E-state index in [2.05, 4.69) is 16.6 Å². The minimum Gasteiger partial charge on any atom is -0.494 e. The number of benzene rings is 3. The predicted molar refractivity (Wildman–Crippen MR) is 115 cm³/mol. The number of hydrogen-bond donors (Lipinski definition) is 1. The summed E-state index contributed by atoms with van der Waals surface area (Å²) in [7, 11) is 0. The number of hydrazone groups is 1. The molecule has 30 heavy (non-hydrogen) atoms. The van der Waals surface area contributed by atoms with Crippen molar-refractivity contribution in [2.24, 2.45) is 5.10 Å². The molecule has 0 spiro atoms. The SMILES string of the molecule is CCOc1ccc(C(=O)N/N=C\c2ccccc2OCc2ccc(C#N)cc2)cc1. The summed E-state index contributed by atoms with van der Waals surface area (Å²) in [5.41, 5.74) is 5.29. The zero-order valence-electron chi connectivity index (χ0n) is 16.5. The van der Waals surface area contributed by atoms with Crippen LogP contribution in [0.25, 0.3) is 0 Å². The maximum absolute atomic E-state index is 12.2. The lowest BCUT2D eigenvalue weighted by molar-refractivity contribution is 0.0955. The molecule has 3 rings (SSSR count). The van der Waals surface area contributed by atoms with E-state index in [-0.39, 0.29) is 5.91 Å². The van der Waals surface area contributed by atoms with Crippen molar-refractivity contribution in [2.45, 2.75) is 13.5 Å². The standard InChI is InChI=1S/C24H21N3O3/c1-2-29-22-13-11-20(12-14-22)24(28)27-26-16-21-5-3-4-6-23(21)30-17-19-9-7-18(15-25)8-10-19/h3-14,16H,2,17H2,1H3,(H,27,28)/b26-16-. The van der Waals surface area contributed by atoms with Crippen LogP contribution in [0.1, 0.15) is 34.0 Å². The van der Waals surface area contributed by atoms with Crippen molar-refractivity contribution in [1.82, 2.24) is 5.43 Å². The number of rotatable bonds is 8. The van der Waals surface area contributed by atoms with Gasteiger partial charge in [-0.2, -0.15) is 10.4 Å². The van der Waals surface area contributed by atoms with Crippen molar-refractivity contribution >= 4 is 12.1 Å². The summed E-state index contributed by atoms with van der Waals surface area (Å²) in [4.78, 5) is 12.2. The fraction of sp³-hybridized carbons (Fsp3) is 0.125. The van der Waals surface area contributed by atoms with E-state index in [0.717, 1.165) is 11.1 Å². The second-order valence-electron chi connectivity index (χ2n) is 6.29. The number of carbonyl (C=O) groups excluding carboxylic acids is 1. The van der Waals surface area contributed by atoms with Crippen LogP contribution in [0.2, 0.25) is 0 Å². The van der Waals surface area contributed by atoms with Crippen LogP contribution >= 0.6 is 0 Å². The Morgan fingerprint density at radius 1 is 1.03 bits per heavy atom. The molecule has 0 saturated carbocycles. The Balaban J connectivity index is 1.60. The molecule has 6 heteroatoms. The number of para-hydroxylation sites is 1. The molecule has 6 nitrogen and oxygen atoms in total.